The first-order valence-corrected chi connectivity index (χ1v) is 8.51. The van der Waals surface area contributed by atoms with E-state index in [2.05, 4.69) is 4.74 Å². The van der Waals surface area contributed by atoms with Crippen molar-refractivity contribution < 1.29 is 36.2 Å². The Hall–Kier alpha value is -2.27. The average Bonchev–Trinajstić information content (AvgIpc) is 2.84. The molecule has 0 atom stereocenters. The van der Waals surface area contributed by atoms with Gasteiger partial charge < -0.3 is 9.84 Å². The van der Waals surface area contributed by atoms with Crippen molar-refractivity contribution in [2.45, 2.75) is 17.7 Å². The Balaban J connectivity index is 2.28. The largest absolute Gasteiger partial charge is 0.477 e. The zero-order valence-corrected chi connectivity index (χ0v) is 13.6. The summed E-state index contributed by atoms with van der Waals surface area (Å²) in [6, 6.07) is 3.73. The Kier molecular flexibility index (Phi) is 5.04. The number of benzene rings is 1. The summed E-state index contributed by atoms with van der Waals surface area (Å²) in [5.74, 6) is -3.17. The van der Waals surface area contributed by atoms with Crippen LogP contribution in [0.2, 0.25) is 0 Å². The van der Waals surface area contributed by atoms with Gasteiger partial charge in [0, 0.05) is 6.07 Å². The molecular weight excluding hydrogens is 371 g/mol. The number of carboxylic acid groups (broad SMARTS) is 1. The summed E-state index contributed by atoms with van der Waals surface area (Å²) in [7, 11) is -4.15. The smallest absolute Gasteiger partial charge is 0.387 e. The molecule has 2 rings (SSSR count). The van der Waals surface area contributed by atoms with E-state index in [0.29, 0.717) is 17.4 Å². The predicted molar refractivity (Wildman–Crippen MR) is 79.9 cm³/mol. The van der Waals surface area contributed by atoms with Crippen molar-refractivity contribution in [3.8, 4) is 5.75 Å². The predicted octanol–water partition coefficient (Wildman–Crippen LogP) is 3.30. The lowest BCUT2D eigenvalue weighted by molar-refractivity contribution is -0.0521. The van der Waals surface area contributed by atoms with Crippen molar-refractivity contribution >= 4 is 33.0 Å². The van der Waals surface area contributed by atoms with Gasteiger partial charge in [-0.3, -0.25) is 4.72 Å². The fourth-order valence-corrected chi connectivity index (χ4v) is 4.19. The van der Waals surface area contributed by atoms with Gasteiger partial charge in [-0.05, 0) is 30.7 Å². The highest BCUT2D eigenvalue weighted by Crippen LogP contribution is 2.29. The first-order chi connectivity index (χ1) is 11.1. The molecule has 2 N–H and O–H groups in total. The van der Waals surface area contributed by atoms with Crippen LogP contribution in [0.4, 0.5) is 18.9 Å². The molecule has 2 aromatic rings. The minimum Gasteiger partial charge on any atom is -0.477 e. The Morgan fingerprint density at radius 3 is 2.50 bits per heavy atom. The van der Waals surface area contributed by atoms with E-state index in [-0.39, 0.29) is 20.3 Å². The summed E-state index contributed by atoms with van der Waals surface area (Å²) >= 11 is 0.542. The topological polar surface area (TPSA) is 92.7 Å². The lowest BCUT2D eigenvalue weighted by atomic mass is 10.3. The molecule has 11 heteroatoms. The number of halogens is 3. The van der Waals surface area contributed by atoms with Gasteiger partial charge in [-0.1, -0.05) is 0 Å². The number of nitrogens with one attached hydrogen (secondary N) is 1. The molecule has 1 aromatic heterocycles. The van der Waals surface area contributed by atoms with Crippen LogP contribution in [0.25, 0.3) is 0 Å². The van der Waals surface area contributed by atoms with Gasteiger partial charge in [-0.15, -0.1) is 11.3 Å². The van der Waals surface area contributed by atoms with Crippen molar-refractivity contribution in [1.82, 2.24) is 0 Å². The van der Waals surface area contributed by atoms with Gasteiger partial charge in [-0.2, -0.15) is 8.78 Å². The first kappa shape index (κ1) is 18.1. The summed E-state index contributed by atoms with van der Waals surface area (Å²) in [4.78, 5) is 10.8. The quantitative estimate of drug-likeness (QED) is 0.801. The fourth-order valence-electron chi connectivity index (χ4n) is 1.76. The lowest BCUT2D eigenvalue weighted by Gasteiger charge is -2.09. The molecule has 0 aliphatic heterocycles. The third-order valence-electron chi connectivity index (χ3n) is 2.75. The number of rotatable bonds is 6. The molecule has 1 heterocycles. The van der Waals surface area contributed by atoms with Crippen molar-refractivity contribution in [3.05, 3.63) is 40.5 Å². The molecule has 130 valence electrons. The normalized spacial score (nSPS) is 11.5. The fraction of sp³-hybridized carbons (Fsp3) is 0.154. The average molecular weight is 381 g/mol. The molecule has 0 saturated carbocycles. The number of aromatic carboxylic acids is 1. The maximum atomic E-state index is 13.6. The third kappa shape index (κ3) is 3.97. The number of hydrogen-bond donors (Lipinski definition) is 2. The zero-order valence-electron chi connectivity index (χ0n) is 11.9. The summed E-state index contributed by atoms with van der Waals surface area (Å²) < 4.78 is 67.8. The van der Waals surface area contributed by atoms with Crippen LogP contribution in [0.1, 0.15) is 15.2 Å². The Morgan fingerprint density at radius 2 is 2.00 bits per heavy atom. The molecule has 0 saturated heterocycles. The van der Waals surface area contributed by atoms with Gasteiger partial charge in [0.25, 0.3) is 10.0 Å². The van der Waals surface area contributed by atoms with E-state index < -0.39 is 34.2 Å². The van der Waals surface area contributed by atoms with E-state index in [1.54, 1.807) is 0 Å². The number of thiophene rings is 1. The first-order valence-electron chi connectivity index (χ1n) is 6.21. The Bertz CT molecular complexity index is 880. The minimum atomic E-state index is -4.15. The number of sulfonamides is 1. The maximum Gasteiger partial charge on any atom is 0.387 e. The second-order valence-electron chi connectivity index (χ2n) is 4.51. The number of carbonyl (C=O) groups is 1. The molecule has 0 amide bonds. The molecular formula is C13H10F3NO5S2. The van der Waals surface area contributed by atoms with Gasteiger partial charge in [0.1, 0.15) is 9.09 Å². The highest BCUT2D eigenvalue weighted by atomic mass is 32.2. The van der Waals surface area contributed by atoms with Crippen molar-refractivity contribution in [2.75, 3.05) is 4.72 Å². The molecule has 0 aliphatic rings. The van der Waals surface area contributed by atoms with Crippen LogP contribution in [0, 0.1) is 12.7 Å². The molecule has 0 spiro atoms. The highest BCUT2D eigenvalue weighted by Gasteiger charge is 2.22. The second kappa shape index (κ2) is 6.69. The summed E-state index contributed by atoms with van der Waals surface area (Å²) in [6.07, 6.45) is 0. The monoisotopic (exact) mass is 381 g/mol. The molecule has 1 aromatic carbocycles. The van der Waals surface area contributed by atoms with Crippen LogP contribution in [0.15, 0.2) is 28.5 Å². The van der Waals surface area contributed by atoms with E-state index in [1.165, 1.54) is 13.0 Å². The molecule has 24 heavy (non-hydrogen) atoms. The van der Waals surface area contributed by atoms with Gasteiger partial charge in [0.2, 0.25) is 0 Å². The van der Waals surface area contributed by atoms with Crippen molar-refractivity contribution in [1.29, 1.82) is 0 Å². The van der Waals surface area contributed by atoms with Gasteiger partial charge >= 0.3 is 12.6 Å². The minimum absolute atomic E-state index is 0.137. The number of aryl methyl sites for hydroxylation is 1. The molecule has 0 unspecified atom stereocenters. The number of alkyl halides is 2. The number of ether oxygens (including phenoxy) is 1. The molecule has 0 bridgehead atoms. The van der Waals surface area contributed by atoms with E-state index in [0.717, 1.165) is 12.1 Å². The standard InChI is InChI=1S/C13H10F3NO5S2/c1-6-4-10(23-11(6)12(18)19)24(20,21)17-7-2-3-9(8(14)5-7)22-13(15)16/h2-5,13,17H,1H3,(H,18,19). The van der Waals surface area contributed by atoms with Crippen molar-refractivity contribution in [3.63, 3.8) is 0 Å². The number of carboxylic acids is 1. The molecule has 0 fully saturated rings. The zero-order chi connectivity index (χ0) is 18.1. The Morgan fingerprint density at radius 1 is 1.33 bits per heavy atom. The van der Waals surface area contributed by atoms with Crippen LogP contribution in [0.5, 0.6) is 5.75 Å². The SMILES string of the molecule is Cc1cc(S(=O)(=O)Nc2ccc(OC(F)F)c(F)c2)sc1C(=O)O. The van der Waals surface area contributed by atoms with Crippen LogP contribution in [-0.2, 0) is 10.0 Å². The van der Waals surface area contributed by atoms with Crippen LogP contribution in [-0.4, -0.2) is 26.1 Å². The van der Waals surface area contributed by atoms with Crippen LogP contribution < -0.4 is 9.46 Å². The molecule has 0 aliphatic carbocycles. The highest BCUT2D eigenvalue weighted by molar-refractivity contribution is 7.94. The van der Waals surface area contributed by atoms with Gasteiger partial charge in [0.05, 0.1) is 5.69 Å². The lowest BCUT2D eigenvalue weighted by Crippen LogP contribution is -2.12. The molecule has 0 radical (unpaired) electrons. The Labute approximate surface area is 138 Å². The van der Waals surface area contributed by atoms with Crippen LogP contribution >= 0.6 is 11.3 Å². The van der Waals surface area contributed by atoms with Gasteiger partial charge in [0.15, 0.2) is 11.6 Å². The van der Waals surface area contributed by atoms with E-state index in [1.807, 2.05) is 4.72 Å². The second-order valence-corrected chi connectivity index (χ2v) is 7.47. The summed E-state index contributed by atoms with van der Waals surface area (Å²) in [5, 5.41) is 8.94. The summed E-state index contributed by atoms with van der Waals surface area (Å²) in [6.45, 7) is -1.78. The van der Waals surface area contributed by atoms with Gasteiger partial charge in [-0.25, -0.2) is 17.6 Å². The van der Waals surface area contributed by atoms with Crippen LogP contribution in [0.3, 0.4) is 0 Å². The number of anilines is 1. The maximum absolute atomic E-state index is 13.6. The summed E-state index contributed by atoms with van der Waals surface area (Å²) in [5.41, 5.74) is 0.0387. The van der Waals surface area contributed by atoms with Crippen molar-refractivity contribution in [2.24, 2.45) is 0 Å². The third-order valence-corrected chi connectivity index (χ3v) is 5.83. The van der Waals surface area contributed by atoms with E-state index in [9.17, 15) is 26.4 Å². The van der Waals surface area contributed by atoms with E-state index >= 15 is 0 Å². The van der Waals surface area contributed by atoms with E-state index in [4.69, 9.17) is 5.11 Å². The number of hydrogen-bond acceptors (Lipinski definition) is 5. The molecule has 6 nitrogen and oxygen atoms in total.